The minimum atomic E-state index is 0.627. The molecule has 120 valence electrons. The van der Waals surface area contributed by atoms with Crippen molar-refractivity contribution in [2.24, 2.45) is 0 Å². The van der Waals surface area contributed by atoms with E-state index in [1.807, 2.05) is 24.5 Å². The van der Waals surface area contributed by atoms with Crippen molar-refractivity contribution in [3.8, 4) is 0 Å². The molecule has 0 aliphatic carbocycles. The van der Waals surface area contributed by atoms with Gasteiger partial charge in [-0.05, 0) is 43.7 Å². The average Bonchev–Trinajstić information content (AvgIpc) is 3.22. The number of para-hydroxylation sites is 4. The number of anilines is 2. The lowest BCUT2D eigenvalue weighted by atomic mass is 10.2. The lowest BCUT2D eigenvalue weighted by Crippen LogP contribution is -2.26. The highest BCUT2D eigenvalue weighted by Crippen LogP contribution is 2.14. The quantitative estimate of drug-likeness (QED) is 0.636. The minimum absolute atomic E-state index is 0.627. The van der Waals surface area contributed by atoms with Crippen LogP contribution in [0.25, 0.3) is 11.0 Å². The molecule has 1 fully saturated rings. The first kappa shape index (κ1) is 15.4. The normalized spacial score (nSPS) is 17.0. The number of rotatable bonds is 2. The van der Waals surface area contributed by atoms with Gasteiger partial charge in [0, 0.05) is 12.6 Å². The molecule has 3 aromatic rings. The second-order valence-electron chi connectivity index (χ2n) is 5.81. The van der Waals surface area contributed by atoms with Crippen molar-refractivity contribution in [2.75, 3.05) is 18.0 Å². The number of fused-ring (bicyclic) bond motifs is 1. The molecule has 1 aliphatic rings. The van der Waals surface area contributed by atoms with Gasteiger partial charge in [-0.2, -0.15) is 0 Å². The van der Waals surface area contributed by atoms with E-state index in [1.165, 1.54) is 18.4 Å². The Balaban J connectivity index is 0.000000166. The molecule has 1 aliphatic heterocycles. The maximum absolute atomic E-state index is 5.39. The first-order valence-corrected chi connectivity index (χ1v) is 7.97. The van der Waals surface area contributed by atoms with E-state index in [0.29, 0.717) is 17.4 Å². The van der Waals surface area contributed by atoms with Crippen LogP contribution in [-0.4, -0.2) is 22.1 Å². The molecule has 5 heteroatoms. The van der Waals surface area contributed by atoms with Crippen LogP contribution in [0.4, 0.5) is 11.4 Å². The smallest absolute Gasteiger partial charge is 0.0958 e. The van der Waals surface area contributed by atoms with Crippen LogP contribution in [0.3, 0.4) is 0 Å². The van der Waals surface area contributed by atoms with Crippen molar-refractivity contribution in [3.05, 3.63) is 54.9 Å². The molecule has 0 radical (unpaired) electrons. The van der Waals surface area contributed by atoms with Crippen LogP contribution in [0, 0.1) is 0 Å². The first-order valence-electron chi connectivity index (χ1n) is 7.97. The summed E-state index contributed by atoms with van der Waals surface area (Å²) in [7, 11) is 0. The Labute approximate surface area is 136 Å². The van der Waals surface area contributed by atoms with Gasteiger partial charge in [-0.3, -0.25) is 0 Å². The fourth-order valence-corrected chi connectivity index (χ4v) is 2.82. The maximum Gasteiger partial charge on any atom is 0.0958 e. The third kappa shape index (κ3) is 3.81. The molecule has 1 atom stereocenters. The fourth-order valence-electron chi connectivity index (χ4n) is 2.82. The van der Waals surface area contributed by atoms with Gasteiger partial charge in [0.05, 0.1) is 28.7 Å². The van der Waals surface area contributed by atoms with Gasteiger partial charge in [-0.25, -0.2) is 4.98 Å². The van der Waals surface area contributed by atoms with Gasteiger partial charge in [0.1, 0.15) is 0 Å². The molecule has 1 aromatic heterocycles. The van der Waals surface area contributed by atoms with Gasteiger partial charge in [-0.1, -0.05) is 24.3 Å². The zero-order valence-corrected chi connectivity index (χ0v) is 13.2. The number of imidazole rings is 1. The van der Waals surface area contributed by atoms with Crippen LogP contribution < -0.4 is 16.8 Å². The minimum Gasteiger partial charge on any atom is -0.397 e. The summed E-state index contributed by atoms with van der Waals surface area (Å²) in [6.45, 7) is 2.21. The number of aromatic nitrogens is 2. The molecule has 0 spiro atoms. The molecule has 0 bridgehead atoms. The predicted octanol–water partition coefficient (Wildman–Crippen LogP) is 2.64. The van der Waals surface area contributed by atoms with E-state index in [1.54, 1.807) is 12.1 Å². The first-order chi connectivity index (χ1) is 11.2. The number of hydrogen-bond donors (Lipinski definition) is 3. The third-order valence-electron chi connectivity index (χ3n) is 4.10. The van der Waals surface area contributed by atoms with E-state index in [0.717, 1.165) is 18.6 Å². The second kappa shape index (κ2) is 7.15. The highest BCUT2D eigenvalue weighted by Gasteiger charge is 2.15. The van der Waals surface area contributed by atoms with Gasteiger partial charge >= 0.3 is 0 Å². The molecule has 0 unspecified atom stereocenters. The summed E-state index contributed by atoms with van der Waals surface area (Å²) in [4.78, 5) is 4.40. The van der Waals surface area contributed by atoms with Gasteiger partial charge in [0.15, 0.2) is 0 Å². The Kier molecular flexibility index (Phi) is 4.78. The van der Waals surface area contributed by atoms with E-state index < -0.39 is 0 Å². The van der Waals surface area contributed by atoms with Gasteiger partial charge in [0.25, 0.3) is 0 Å². The summed E-state index contributed by atoms with van der Waals surface area (Å²) in [5.41, 5.74) is 14.4. The fraction of sp³-hybridized carbons (Fsp3) is 0.278. The zero-order valence-electron chi connectivity index (χ0n) is 13.2. The van der Waals surface area contributed by atoms with Gasteiger partial charge < -0.3 is 21.4 Å². The van der Waals surface area contributed by atoms with Crippen molar-refractivity contribution in [1.29, 1.82) is 0 Å². The Bertz CT molecular complexity index is 738. The largest absolute Gasteiger partial charge is 0.397 e. The molecule has 5 N–H and O–H groups in total. The second-order valence-corrected chi connectivity index (χ2v) is 5.81. The summed E-state index contributed by atoms with van der Waals surface area (Å²) in [5.74, 6) is 0. The Morgan fingerprint density at radius 1 is 1.04 bits per heavy atom. The SMILES string of the molecule is Nc1ccccc1N.c1ccc2c(c1)ncn2C[C@@H]1CCCN1. The van der Waals surface area contributed by atoms with Crippen LogP contribution in [0.5, 0.6) is 0 Å². The van der Waals surface area contributed by atoms with Crippen molar-refractivity contribution in [1.82, 2.24) is 14.9 Å². The monoisotopic (exact) mass is 309 g/mol. The molecular formula is C18H23N5. The van der Waals surface area contributed by atoms with Gasteiger partial charge in [0.2, 0.25) is 0 Å². The van der Waals surface area contributed by atoms with Crippen LogP contribution in [-0.2, 0) is 6.54 Å². The number of hydrogen-bond acceptors (Lipinski definition) is 4. The number of nitrogens with one attached hydrogen (secondary N) is 1. The lowest BCUT2D eigenvalue weighted by molar-refractivity contribution is 0.517. The van der Waals surface area contributed by atoms with E-state index in [9.17, 15) is 0 Å². The zero-order chi connectivity index (χ0) is 16.1. The van der Waals surface area contributed by atoms with E-state index in [4.69, 9.17) is 11.5 Å². The van der Waals surface area contributed by atoms with E-state index in [2.05, 4.69) is 33.1 Å². The molecule has 1 saturated heterocycles. The topological polar surface area (TPSA) is 81.9 Å². The Hall–Kier alpha value is -2.53. The number of nitrogens with zero attached hydrogens (tertiary/aromatic N) is 2. The van der Waals surface area contributed by atoms with Crippen LogP contribution in [0.15, 0.2) is 54.9 Å². The standard InChI is InChI=1S/C12H15N3.C6H8N2/c1-2-6-12-11(5-1)14-9-15(12)8-10-4-3-7-13-10;7-5-3-1-2-4-6(5)8/h1-2,5-6,9-10,13H,3-4,7-8H2;1-4H,7-8H2/t10-;/m0./s1. The maximum atomic E-state index is 5.39. The average molecular weight is 309 g/mol. The summed E-state index contributed by atoms with van der Waals surface area (Å²) in [6.07, 6.45) is 4.54. The molecular weight excluding hydrogens is 286 g/mol. The summed E-state index contributed by atoms with van der Waals surface area (Å²) in [5, 5.41) is 3.51. The van der Waals surface area contributed by atoms with Crippen molar-refractivity contribution in [3.63, 3.8) is 0 Å². The van der Waals surface area contributed by atoms with Crippen molar-refractivity contribution in [2.45, 2.75) is 25.4 Å². The molecule has 0 saturated carbocycles. The number of benzene rings is 2. The summed E-state index contributed by atoms with van der Waals surface area (Å²) < 4.78 is 2.25. The van der Waals surface area contributed by atoms with Crippen molar-refractivity contribution < 1.29 is 0 Å². The molecule has 4 rings (SSSR count). The Morgan fingerprint density at radius 2 is 1.74 bits per heavy atom. The van der Waals surface area contributed by atoms with Gasteiger partial charge in [-0.15, -0.1) is 0 Å². The molecule has 2 heterocycles. The van der Waals surface area contributed by atoms with E-state index >= 15 is 0 Å². The number of nitrogen functional groups attached to an aromatic ring is 2. The van der Waals surface area contributed by atoms with Crippen LogP contribution >= 0.6 is 0 Å². The Morgan fingerprint density at radius 3 is 2.39 bits per heavy atom. The molecule has 0 amide bonds. The summed E-state index contributed by atoms with van der Waals surface area (Å²) >= 11 is 0. The molecule has 2 aromatic carbocycles. The molecule has 5 nitrogen and oxygen atoms in total. The predicted molar refractivity (Wildman–Crippen MR) is 96.0 cm³/mol. The number of nitrogens with two attached hydrogens (primary N) is 2. The summed E-state index contributed by atoms with van der Waals surface area (Å²) in [6, 6.07) is 16.2. The molecule has 23 heavy (non-hydrogen) atoms. The van der Waals surface area contributed by atoms with Crippen LogP contribution in [0.1, 0.15) is 12.8 Å². The highest BCUT2D eigenvalue weighted by molar-refractivity contribution is 5.74. The van der Waals surface area contributed by atoms with Crippen molar-refractivity contribution >= 4 is 22.4 Å². The lowest BCUT2D eigenvalue weighted by Gasteiger charge is -2.11. The van der Waals surface area contributed by atoms with Crippen LogP contribution in [0.2, 0.25) is 0 Å². The highest BCUT2D eigenvalue weighted by atomic mass is 15.1. The third-order valence-corrected chi connectivity index (χ3v) is 4.10. The van der Waals surface area contributed by atoms with E-state index in [-0.39, 0.29) is 0 Å².